The summed E-state index contributed by atoms with van der Waals surface area (Å²) >= 11 is 1.15. The molecule has 0 fully saturated rings. The van der Waals surface area contributed by atoms with E-state index >= 15 is 0 Å². The number of rotatable bonds is 4. The number of aromatic nitrogens is 2. The second kappa shape index (κ2) is 4.86. The summed E-state index contributed by atoms with van der Waals surface area (Å²) in [5.74, 6) is 0. The molecule has 0 saturated heterocycles. The lowest BCUT2D eigenvalue weighted by atomic mass is 10.4. The minimum atomic E-state index is -4.31. The number of nitrogens with two attached hydrogens (primary N) is 1. The van der Waals surface area contributed by atoms with Crippen molar-refractivity contribution in [1.29, 1.82) is 0 Å². The average Bonchev–Trinajstić information content (AvgIpc) is 2.50. The summed E-state index contributed by atoms with van der Waals surface area (Å²) in [6.07, 6.45) is -4.31. The zero-order valence-electron chi connectivity index (χ0n) is 7.91. The zero-order chi connectivity index (χ0) is 11.5. The van der Waals surface area contributed by atoms with Crippen molar-refractivity contribution in [3.05, 3.63) is 10.0 Å². The first-order valence-corrected chi connectivity index (χ1v) is 4.92. The molecule has 15 heavy (non-hydrogen) atoms. The molecule has 8 heteroatoms. The second-order valence-electron chi connectivity index (χ2n) is 2.93. The van der Waals surface area contributed by atoms with Crippen LogP contribution in [-0.2, 0) is 11.3 Å². The van der Waals surface area contributed by atoms with Crippen LogP contribution in [0.3, 0.4) is 0 Å². The summed E-state index contributed by atoms with van der Waals surface area (Å²) in [7, 11) is 0. The SMILES string of the molecule is CC(N)c1nnc(COCC(F)(F)F)s1. The van der Waals surface area contributed by atoms with Crippen LogP contribution in [0.5, 0.6) is 0 Å². The van der Waals surface area contributed by atoms with Gasteiger partial charge in [-0.2, -0.15) is 13.2 Å². The summed E-state index contributed by atoms with van der Waals surface area (Å²) in [5.41, 5.74) is 5.51. The molecule has 0 aliphatic heterocycles. The van der Waals surface area contributed by atoms with Gasteiger partial charge in [0.2, 0.25) is 0 Å². The van der Waals surface area contributed by atoms with Crippen LogP contribution >= 0.6 is 11.3 Å². The molecule has 0 amide bonds. The molecule has 0 aliphatic rings. The van der Waals surface area contributed by atoms with Gasteiger partial charge in [0.1, 0.15) is 23.2 Å². The van der Waals surface area contributed by atoms with Crippen molar-refractivity contribution in [2.24, 2.45) is 5.73 Å². The van der Waals surface area contributed by atoms with E-state index in [2.05, 4.69) is 14.9 Å². The molecule has 0 aliphatic carbocycles. The van der Waals surface area contributed by atoms with E-state index in [-0.39, 0.29) is 12.6 Å². The van der Waals surface area contributed by atoms with Gasteiger partial charge in [0.05, 0.1) is 6.04 Å². The molecule has 0 saturated carbocycles. The maximum atomic E-state index is 11.7. The highest BCUT2D eigenvalue weighted by atomic mass is 32.1. The van der Waals surface area contributed by atoms with Crippen molar-refractivity contribution in [1.82, 2.24) is 10.2 Å². The highest BCUT2D eigenvalue weighted by Crippen LogP contribution is 2.18. The van der Waals surface area contributed by atoms with Gasteiger partial charge in [0.15, 0.2) is 0 Å². The maximum Gasteiger partial charge on any atom is 0.411 e. The molecule has 1 atom stereocenters. The third-order valence-corrected chi connectivity index (χ3v) is 2.46. The van der Waals surface area contributed by atoms with Crippen molar-refractivity contribution < 1.29 is 17.9 Å². The van der Waals surface area contributed by atoms with Crippen molar-refractivity contribution in [2.45, 2.75) is 25.7 Å². The molecule has 0 spiro atoms. The Bertz CT molecular complexity index is 313. The van der Waals surface area contributed by atoms with Crippen LogP contribution in [-0.4, -0.2) is 23.0 Å². The Balaban J connectivity index is 2.38. The van der Waals surface area contributed by atoms with Gasteiger partial charge in [-0.15, -0.1) is 10.2 Å². The van der Waals surface area contributed by atoms with Crippen LogP contribution in [0.25, 0.3) is 0 Å². The number of hydrogen-bond acceptors (Lipinski definition) is 5. The van der Waals surface area contributed by atoms with Crippen LogP contribution in [0.15, 0.2) is 0 Å². The van der Waals surface area contributed by atoms with E-state index in [1.807, 2.05) is 0 Å². The summed E-state index contributed by atoms with van der Waals surface area (Å²) in [6, 6.07) is -0.265. The van der Waals surface area contributed by atoms with Gasteiger partial charge < -0.3 is 10.5 Å². The smallest absolute Gasteiger partial charge is 0.365 e. The third-order valence-electron chi connectivity index (χ3n) is 1.36. The summed E-state index contributed by atoms with van der Waals surface area (Å²) < 4.78 is 39.6. The van der Waals surface area contributed by atoms with E-state index in [0.29, 0.717) is 10.0 Å². The molecule has 2 N–H and O–H groups in total. The molecule has 1 aromatic rings. The molecule has 1 heterocycles. The van der Waals surface area contributed by atoms with E-state index in [0.717, 1.165) is 11.3 Å². The quantitative estimate of drug-likeness (QED) is 0.870. The minimum Gasteiger partial charge on any atom is -0.365 e. The zero-order valence-corrected chi connectivity index (χ0v) is 8.73. The molecule has 0 bridgehead atoms. The Morgan fingerprint density at radius 3 is 2.60 bits per heavy atom. The molecule has 86 valence electrons. The predicted octanol–water partition coefficient (Wildman–Crippen LogP) is 1.64. The molecular weight excluding hydrogens is 231 g/mol. The van der Waals surface area contributed by atoms with Gasteiger partial charge in [-0.05, 0) is 6.92 Å². The Kier molecular flexibility index (Phi) is 4.00. The topological polar surface area (TPSA) is 61.0 Å². The van der Waals surface area contributed by atoms with Gasteiger partial charge >= 0.3 is 6.18 Å². The Hall–Kier alpha value is -0.730. The van der Waals surface area contributed by atoms with E-state index in [4.69, 9.17) is 5.73 Å². The van der Waals surface area contributed by atoms with Gasteiger partial charge in [-0.3, -0.25) is 0 Å². The summed E-state index contributed by atoms with van der Waals surface area (Å²) in [6.45, 7) is 0.255. The fourth-order valence-corrected chi connectivity index (χ4v) is 1.50. The number of ether oxygens (including phenoxy) is 1. The second-order valence-corrected chi connectivity index (χ2v) is 4.02. The van der Waals surface area contributed by atoms with Crippen molar-refractivity contribution in [3.63, 3.8) is 0 Å². The van der Waals surface area contributed by atoms with Crippen LogP contribution in [0, 0.1) is 0 Å². The van der Waals surface area contributed by atoms with E-state index in [1.165, 1.54) is 0 Å². The van der Waals surface area contributed by atoms with E-state index in [9.17, 15) is 13.2 Å². The lowest BCUT2D eigenvalue weighted by Gasteiger charge is -2.05. The van der Waals surface area contributed by atoms with Crippen LogP contribution < -0.4 is 5.73 Å². The summed E-state index contributed by atoms with van der Waals surface area (Å²) in [5, 5.41) is 8.35. The van der Waals surface area contributed by atoms with Gasteiger partial charge in [0, 0.05) is 0 Å². The highest BCUT2D eigenvalue weighted by molar-refractivity contribution is 7.11. The van der Waals surface area contributed by atoms with Crippen molar-refractivity contribution >= 4 is 11.3 Å². The number of halogens is 3. The first kappa shape index (κ1) is 12.3. The molecule has 1 unspecified atom stereocenters. The average molecular weight is 241 g/mol. The first-order valence-electron chi connectivity index (χ1n) is 4.11. The maximum absolute atomic E-state index is 11.7. The minimum absolute atomic E-state index is 0.191. The number of alkyl halides is 3. The fourth-order valence-electron chi connectivity index (χ4n) is 0.763. The van der Waals surface area contributed by atoms with Crippen molar-refractivity contribution in [2.75, 3.05) is 6.61 Å². The molecule has 0 aromatic carbocycles. The first-order chi connectivity index (χ1) is 6.88. The van der Waals surface area contributed by atoms with Crippen molar-refractivity contribution in [3.8, 4) is 0 Å². The van der Waals surface area contributed by atoms with Crippen LogP contribution in [0.2, 0.25) is 0 Å². The molecule has 4 nitrogen and oxygen atoms in total. The van der Waals surface area contributed by atoms with E-state index < -0.39 is 12.8 Å². The largest absolute Gasteiger partial charge is 0.411 e. The third kappa shape index (κ3) is 4.54. The standard InChI is InChI=1S/C7H10F3N3OS/c1-4(11)6-13-12-5(15-6)2-14-3-7(8,9)10/h4H,2-3,11H2,1H3. The molecular formula is C7H10F3N3OS. The monoisotopic (exact) mass is 241 g/mol. The number of hydrogen-bond donors (Lipinski definition) is 1. The Morgan fingerprint density at radius 2 is 2.13 bits per heavy atom. The molecule has 0 radical (unpaired) electrons. The molecule has 1 rings (SSSR count). The van der Waals surface area contributed by atoms with Gasteiger partial charge in [-0.25, -0.2) is 0 Å². The van der Waals surface area contributed by atoms with Crippen LogP contribution in [0.1, 0.15) is 23.0 Å². The Labute approximate surface area is 88.3 Å². The van der Waals surface area contributed by atoms with Crippen LogP contribution in [0.4, 0.5) is 13.2 Å². The van der Waals surface area contributed by atoms with Gasteiger partial charge in [-0.1, -0.05) is 11.3 Å². The summed E-state index contributed by atoms with van der Waals surface area (Å²) in [4.78, 5) is 0. The Morgan fingerprint density at radius 1 is 1.47 bits per heavy atom. The van der Waals surface area contributed by atoms with Gasteiger partial charge in [0.25, 0.3) is 0 Å². The molecule has 1 aromatic heterocycles. The normalized spacial score (nSPS) is 14.2. The predicted molar refractivity (Wildman–Crippen MR) is 48.2 cm³/mol. The number of nitrogens with zero attached hydrogens (tertiary/aromatic N) is 2. The highest BCUT2D eigenvalue weighted by Gasteiger charge is 2.27. The fraction of sp³-hybridized carbons (Fsp3) is 0.714. The lowest BCUT2D eigenvalue weighted by Crippen LogP contribution is -2.16. The van der Waals surface area contributed by atoms with E-state index in [1.54, 1.807) is 6.92 Å². The lowest BCUT2D eigenvalue weighted by molar-refractivity contribution is -0.176.